The fourth-order valence-corrected chi connectivity index (χ4v) is 1.89. The molecular weight excluding hydrogens is 264 g/mol. The minimum atomic E-state index is -0.205. The Balaban J connectivity index is 2.41. The van der Waals surface area contributed by atoms with Gasteiger partial charge in [0.05, 0.1) is 6.04 Å². The molecule has 0 aliphatic heterocycles. The highest BCUT2D eigenvalue weighted by Gasteiger charge is 2.22. The zero-order valence-corrected chi connectivity index (χ0v) is 14.1. The van der Waals surface area contributed by atoms with Crippen LogP contribution in [-0.2, 0) is 4.79 Å². The Morgan fingerprint density at radius 2 is 1.95 bits per heavy atom. The standard InChI is InChI=1S/C17H28N2O2/c1-13-9-7-8-10-15(13)21-12-11-19(6)14(2)16(20)18-17(3,4)5/h7-10,14H,11-12H2,1-6H3,(H,18,20)/t14-/m0/s1. The zero-order chi connectivity index (χ0) is 16.0. The maximum atomic E-state index is 12.1. The van der Waals surface area contributed by atoms with Crippen molar-refractivity contribution in [3.05, 3.63) is 29.8 Å². The molecule has 118 valence electrons. The number of likely N-dealkylation sites (N-methyl/N-ethyl adjacent to an activating group) is 1. The molecule has 1 rings (SSSR count). The maximum Gasteiger partial charge on any atom is 0.237 e. The van der Waals surface area contributed by atoms with Crippen molar-refractivity contribution < 1.29 is 9.53 Å². The number of hydrogen-bond acceptors (Lipinski definition) is 3. The largest absolute Gasteiger partial charge is 0.492 e. The lowest BCUT2D eigenvalue weighted by atomic mass is 10.1. The first kappa shape index (κ1) is 17.5. The third-order valence-electron chi connectivity index (χ3n) is 3.33. The molecule has 0 heterocycles. The molecule has 0 unspecified atom stereocenters. The maximum absolute atomic E-state index is 12.1. The van der Waals surface area contributed by atoms with Crippen molar-refractivity contribution >= 4 is 5.91 Å². The van der Waals surface area contributed by atoms with E-state index < -0.39 is 0 Å². The highest BCUT2D eigenvalue weighted by atomic mass is 16.5. The summed E-state index contributed by atoms with van der Waals surface area (Å²) in [5, 5.41) is 3.00. The number of nitrogens with one attached hydrogen (secondary N) is 1. The summed E-state index contributed by atoms with van der Waals surface area (Å²) in [7, 11) is 1.94. The van der Waals surface area contributed by atoms with Crippen molar-refractivity contribution in [1.82, 2.24) is 10.2 Å². The van der Waals surface area contributed by atoms with Gasteiger partial charge in [-0.15, -0.1) is 0 Å². The molecular formula is C17H28N2O2. The third kappa shape index (κ3) is 6.17. The average Bonchev–Trinajstić information content (AvgIpc) is 2.38. The summed E-state index contributed by atoms with van der Waals surface area (Å²) in [6.45, 7) is 11.2. The number of benzene rings is 1. The Hall–Kier alpha value is -1.55. The number of hydrogen-bond donors (Lipinski definition) is 1. The Kier molecular flexibility index (Phi) is 6.21. The van der Waals surface area contributed by atoms with Crippen molar-refractivity contribution in [2.75, 3.05) is 20.2 Å². The van der Waals surface area contributed by atoms with E-state index in [-0.39, 0.29) is 17.5 Å². The van der Waals surface area contributed by atoms with Crippen LogP contribution >= 0.6 is 0 Å². The van der Waals surface area contributed by atoms with Gasteiger partial charge >= 0.3 is 0 Å². The molecule has 21 heavy (non-hydrogen) atoms. The lowest BCUT2D eigenvalue weighted by Gasteiger charge is -2.28. The quantitative estimate of drug-likeness (QED) is 0.876. The Labute approximate surface area is 128 Å². The number of rotatable bonds is 6. The van der Waals surface area contributed by atoms with Crippen LogP contribution in [-0.4, -0.2) is 42.6 Å². The van der Waals surface area contributed by atoms with E-state index in [9.17, 15) is 4.79 Å². The molecule has 1 amide bonds. The van der Waals surface area contributed by atoms with Crippen molar-refractivity contribution in [3.8, 4) is 5.75 Å². The van der Waals surface area contributed by atoms with Crippen molar-refractivity contribution in [2.45, 2.75) is 46.2 Å². The number of aryl methyl sites for hydroxylation is 1. The summed E-state index contributed by atoms with van der Waals surface area (Å²) in [6, 6.07) is 7.77. The molecule has 1 aromatic rings. The van der Waals surface area contributed by atoms with Crippen LogP contribution in [0.1, 0.15) is 33.3 Å². The number of carbonyl (C=O) groups excluding carboxylic acids is 1. The molecule has 0 radical (unpaired) electrons. The van der Waals surface area contributed by atoms with Crippen LogP contribution < -0.4 is 10.1 Å². The molecule has 0 aromatic heterocycles. The van der Waals surface area contributed by atoms with E-state index in [2.05, 4.69) is 5.32 Å². The number of para-hydroxylation sites is 1. The molecule has 0 bridgehead atoms. The summed E-state index contributed by atoms with van der Waals surface area (Å²) in [5.41, 5.74) is 0.919. The smallest absolute Gasteiger partial charge is 0.237 e. The fraction of sp³-hybridized carbons (Fsp3) is 0.588. The van der Waals surface area contributed by atoms with Gasteiger partial charge in [-0.3, -0.25) is 9.69 Å². The van der Waals surface area contributed by atoms with Gasteiger partial charge in [0, 0.05) is 12.1 Å². The highest BCUT2D eigenvalue weighted by Crippen LogP contribution is 2.15. The SMILES string of the molecule is Cc1ccccc1OCCN(C)[C@@H](C)C(=O)NC(C)(C)C. The number of nitrogens with zero attached hydrogens (tertiary/aromatic N) is 1. The van der Waals surface area contributed by atoms with Crippen molar-refractivity contribution in [3.63, 3.8) is 0 Å². The summed E-state index contributed by atoms with van der Waals surface area (Å²) in [5.74, 6) is 0.943. The number of ether oxygens (including phenoxy) is 1. The van der Waals surface area contributed by atoms with Crippen LogP contribution in [0.25, 0.3) is 0 Å². The van der Waals surface area contributed by atoms with Gasteiger partial charge in [-0.25, -0.2) is 0 Å². The second-order valence-corrected chi connectivity index (χ2v) is 6.51. The van der Waals surface area contributed by atoms with Crippen LogP contribution in [0.2, 0.25) is 0 Å². The fourth-order valence-electron chi connectivity index (χ4n) is 1.89. The zero-order valence-electron chi connectivity index (χ0n) is 14.1. The van der Waals surface area contributed by atoms with E-state index in [4.69, 9.17) is 4.74 Å². The van der Waals surface area contributed by atoms with Crippen LogP contribution in [0.3, 0.4) is 0 Å². The van der Waals surface area contributed by atoms with Crippen LogP contribution in [0.5, 0.6) is 5.75 Å². The first-order valence-electron chi connectivity index (χ1n) is 7.41. The van der Waals surface area contributed by atoms with Gasteiger partial charge < -0.3 is 10.1 Å². The molecule has 1 aromatic carbocycles. The van der Waals surface area contributed by atoms with E-state index in [1.54, 1.807) is 0 Å². The highest BCUT2D eigenvalue weighted by molar-refractivity contribution is 5.81. The first-order chi connectivity index (χ1) is 9.70. The van der Waals surface area contributed by atoms with Crippen LogP contribution in [0.15, 0.2) is 24.3 Å². The molecule has 1 atom stereocenters. The predicted molar refractivity (Wildman–Crippen MR) is 86.7 cm³/mol. The van der Waals surface area contributed by atoms with Gasteiger partial charge in [0.2, 0.25) is 5.91 Å². The van der Waals surface area contributed by atoms with Gasteiger partial charge in [0.15, 0.2) is 0 Å². The van der Waals surface area contributed by atoms with Crippen molar-refractivity contribution in [2.24, 2.45) is 0 Å². The molecule has 0 aliphatic rings. The Morgan fingerprint density at radius 3 is 2.52 bits per heavy atom. The van der Waals surface area contributed by atoms with Crippen molar-refractivity contribution in [1.29, 1.82) is 0 Å². The Morgan fingerprint density at radius 1 is 1.33 bits per heavy atom. The minimum absolute atomic E-state index is 0.0425. The second-order valence-electron chi connectivity index (χ2n) is 6.51. The monoisotopic (exact) mass is 292 g/mol. The lowest BCUT2D eigenvalue weighted by molar-refractivity contribution is -0.126. The lowest BCUT2D eigenvalue weighted by Crippen LogP contribution is -2.50. The minimum Gasteiger partial charge on any atom is -0.492 e. The van der Waals surface area contributed by atoms with Gasteiger partial charge in [0.1, 0.15) is 12.4 Å². The topological polar surface area (TPSA) is 41.6 Å². The van der Waals surface area contributed by atoms with Gasteiger partial charge in [-0.1, -0.05) is 18.2 Å². The van der Waals surface area contributed by atoms with E-state index >= 15 is 0 Å². The van der Waals surface area contributed by atoms with E-state index in [1.807, 2.05) is 70.8 Å². The summed E-state index contributed by atoms with van der Waals surface area (Å²) in [6.07, 6.45) is 0. The molecule has 0 saturated carbocycles. The van der Waals surface area contributed by atoms with E-state index in [0.717, 1.165) is 11.3 Å². The molecule has 1 N–H and O–H groups in total. The molecule has 4 heteroatoms. The molecule has 4 nitrogen and oxygen atoms in total. The van der Waals surface area contributed by atoms with Crippen LogP contribution in [0.4, 0.5) is 0 Å². The molecule has 0 fully saturated rings. The summed E-state index contributed by atoms with van der Waals surface area (Å²) >= 11 is 0. The van der Waals surface area contributed by atoms with E-state index in [1.165, 1.54) is 0 Å². The van der Waals surface area contributed by atoms with Gasteiger partial charge in [0.25, 0.3) is 0 Å². The molecule has 0 spiro atoms. The van der Waals surface area contributed by atoms with E-state index in [0.29, 0.717) is 13.2 Å². The predicted octanol–water partition coefficient (Wildman–Crippen LogP) is 2.61. The normalized spacial score (nSPS) is 13.1. The average molecular weight is 292 g/mol. The first-order valence-corrected chi connectivity index (χ1v) is 7.41. The van der Waals surface area contributed by atoms with Gasteiger partial charge in [-0.05, 0) is 53.3 Å². The number of amides is 1. The molecule has 0 saturated heterocycles. The summed E-state index contributed by atoms with van der Waals surface area (Å²) in [4.78, 5) is 14.1. The van der Waals surface area contributed by atoms with Crippen LogP contribution in [0, 0.1) is 6.92 Å². The summed E-state index contributed by atoms with van der Waals surface area (Å²) < 4.78 is 5.76. The van der Waals surface area contributed by atoms with Gasteiger partial charge in [-0.2, -0.15) is 0 Å². The number of carbonyl (C=O) groups is 1. The Bertz CT molecular complexity index is 466. The third-order valence-corrected chi connectivity index (χ3v) is 3.33. The molecule has 0 aliphatic carbocycles. The second kappa shape index (κ2) is 7.46.